The average Bonchev–Trinajstić information content (AvgIpc) is 3.07. The van der Waals surface area contributed by atoms with Gasteiger partial charge in [0.25, 0.3) is 0 Å². The van der Waals surface area contributed by atoms with Crippen LogP contribution in [-0.2, 0) is 28.7 Å². The van der Waals surface area contributed by atoms with E-state index in [1.807, 2.05) is 27.7 Å². The molecule has 0 aromatic heterocycles. The fourth-order valence-electron chi connectivity index (χ4n) is 9.14. The molecule has 0 aliphatic heterocycles. The highest BCUT2D eigenvalue weighted by atomic mass is 16.5. The zero-order chi connectivity index (χ0) is 29.5. The fourth-order valence-corrected chi connectivity index (χ4v) is 9.14. The van der Waals surface area contributed by atoms with E-state index < -0.39 is 57.5 Å². The number of aliphatic hydroxyl groups is 2. The van der Waals surface area contributed by atoms with Gasteiger partial charge in [-0.05, 0) is 43.1 Å². The Morgan fingerprint density at radius 1 is 1.00 bits per heavy atom. The second-order valence-corrected chi connectivity index (χ2v) is 13.9. The molecule has 0 amide bonds. The lowest BCUT2D eigenvalue weighted by molar-refractivity contribution is -0.158. The summed E-state index contributed by atoms with van der Waals surface area (Å²) < 4.78 is 4.73. The lowest BCUT2D eigenvalue weighted by atomic mass is 9.42. The number of methoxy groups -OCH3 is 1. The van der Waals surface area contributed by atoms with E-state index in [0.29, 0.717) is 24.0 Å². The number of Topliss-reactive ketones (excluding diaryl/α,β-unsaturated/α-hetero) is 4. The number of carbonyl (C=O) groups is 5. The Balaban J connectivity index is 1.77. The SMILES string of the molecule is COC(=O)C(C)CC(=O)CC(C)[C@H]1CC(=O)[C@@]2(C)C3=C(C(=O)[C@H](O)[C@]12C)[C@@]1(C)CCC(=O)C(C)(C)[C@H]1C[C@@H]3O. The third-order valence-electron chi connectivity index (χ3n) is 11.6. The molecule has 9 atom stereocenters. The van der Waals surface area contributed by atoms with E-state index in [9.17, 15) is 34.2 Å². The van der Waals surface area contributed by atoms with Gasteiger partial charge in [0, 0.05) is 47.5 Å². The lowest BCUT2D eigenvalue weighted by Crippen LogP contribution is -2.64. The highest BCUT2D eigenvalue weighted by Crippen LogP contribution is 2.70. The van der Waals surface area contributed by atoms with Crippen molar-refractivity contribution in [1.29, 1.82) is 0 Å². The molecule has 8 nitrogen and oxygen atoms in total. The number of carbonyl (C=O) groups excluding carboxylic acids is 5. The Kier molecular flexibility index (Phi) is 7.21. The third kappa shape index (κ3) is 3.87. The van der Waals surface area contributed by atoms with Crippen molar-refractivity contribution >= 4 is 29.1 Å². The van der Waals surface area contributed by atoms with E-state index in [-0.39, 0.29) is 54.9 Å². The van der Waals surface area contributed by atoms with Gasteiger partial charge in [0.15, 0.2) is 5.78 Å². The molecule has 2 fully saturated rings. The van der Waals surface area contributed by atoms with Gasteiger partial charge >= 0.3 is 5.97 Å². The van der Waals surface area contributed by atoms with E-state index in [1.54, 1.807) is 20.8 Å². The van der Waals surface area contributed by atoms with Crippen LogP contribution in [0.4, 0.5) is 0 Å². The molecule has 4 aliphatic rings. The predicted molar refractivity (Wildman–Crippen MR) is 142 cm³/mol. The number of rotatable bonds is 6. The first kappa shape index (κ1) is 29.8. The van der Waals surface area contributed by atoms with Gasteiger partial charge in [0.1, 0.15) is 23.5 Å². The second-order valence-electron chi connectivity index (χ2n) is 13.9. The summed E-state index contributed by atoms with van der Waals surface area (Å²) in [6.45, 7) is 12.7. The Bertz CT molecular complexity index is 1170. The van der Waals surface area contributed by atoms with Gasteiger partial charge in [-0.2, -0.15) is 0 Å². The summed E-state index contributed by atoms with van der Waals surface area (Å²) in [5.74, 6) is -2.87. The van der Waals surface area contributed by atoms with Crippen LogP contribution in [0.3, 0.4) is 0 Å². The molecular weight excluding hydrogens is 500 g/mol. The van der Waals surface area contributed by atoms with Crippen LogP contribution < -0.4 is 0 Å². The van der Waals surface area contributed by atoms with E-state index in [0.717, 1.165) is 0 Å². The molecule has 0 aromatic carbocycles. The van der Waals surface area contributed by atoms with Gasteiger partial charge in [-0.1, -0.05) is 41.5 Å². The molecule has 0 aromatic rings. The van der Waals surface area contributed by atoms with Crippen molar-refractivity contribution in [1.82, 2.24) is 0 Å². The molecule has 216 valence electrons. The van der Waals surface area contributed by atoms with Crippen molar-refractivity contribution in [2.45, 2.75) is 99.2 Å². The average molecular weight is 545 g/mol. The number of fused-ring (bicyclic) bond motifs is 4. The fraction of sp³-hybridized carbons (Fsp3) is 0.774. The van der Waals surface area contributed by atoms with Crippen molar-refractivity contribution in [2.75, 3.05) is 7.11 Å². The van der Waals surface area contributed by atoms with Crippen LogP contribution in [0.25, 0.3) is 0 Å². The topological polar surface area (TPSA) is 135 Å². The number of ketones is 4. The van der Waals surface area contributed by atoms with Gasteiger partial charge in [0.05, 0.1) is 24.5 Å². The van der Waals surface area contributed by atoms with Crippen LogP contribution in [0, 0.1) is 45.3 Å². The molecular formula is C31H44O8. The Hall–Kier alpha value is -2.19. The minimum atomic E-state index is -1.49. The van der Waals surface area contributed by atoms with E-state index in [2.05, 4.69) is 0 Å². The molecule has 4 rings (SSSR count). The van der Waals surface area contributed by atoms with Crippen molar-refractivity contribution in [2.24, 2.45) is 45.3 Å². The smallest absolute Gasteiger partial charge is 0.308 e. The molecule has 2 saturated carbocycles. The number of aliphatic hydroxyl groups excluding tert-OH is 2. The summed E-state index contributed by atoms with van der Waals surface area (Å²) >= 11 is 0. The Labute approximate surface area is 230 Å². The molecule has 0 spiro atoms. The minimum absolute atomic E-state index is 0.00934. The summed E-state index contributed by atoms with van der Waals surface area (Å²) in [4.78, 5) is 65.7. The van der Waals surface area contributed by atoms with Crippen LogP contribution in [0.5, 0.6) is 0 Å². The zero-order valence-electron chi connectivity index (χ0n) is 24.6. The standard InChI is InChI=1S/C31H44O8/c1-15(11-17(32)12-16(2)27(38)39-8)18-13-22(35)31(7)23-19(33)14-20-28(3,4)21(34)9-10-29(20,5)24(23)25(36)26(37)30(18,31)6/h15-16,18-20,26,33,37H,9-14H2,1-8H3/t15?,16?,18-,19+,20-,26+,29+,30+,31+/m1/s1. The Morgan fingerprint density at radius 3 is 2.21 bits per heavy atom. The summed E-state index contributed by atoms with van der Waals surface area (Å²) in [5, 5.41) is 23.4. The quantitative estimate of drug-likeness (QED) is 0.486. The maximum Gasteiger partial charge on any atom is 0.308 e. The molecule has 2 unspecified atom stereocenters. The van der Waals surface area contributed by atoms with Crippen LogP contribution in [0.2, 0.25) is 0 Å². The molecule has 39 heavy (non-hydrogen) atoms. The van der Waals surface area contributed by atoms with Gasteiger partial charge in [-0.25, -0.2) is 0 Å². The zero-order valence-corrected chi connectivity index (χ0v) is 24.6. The second kappa shape index (κ2) is 9.44. The van der Waals surface area contributed by atoms with Crippen molar-refractivity contribution in [3.63, 3.8) is 0 Å². The summed E-state index contributed by atoms with van der Waals surface area (Å²) in [7, 11) is 1.27. The third-order valence-corrected chi connectivity index (χ3v) is 11.6. The summed E-state index contributed by atoms with van der Waals surface area (Å²) in [5.41, 5.74) is -3.28. The first-order valence-corrected chi connectivity index (χ1v) is 14.2. The predicted octanol–water partition coefficient (Wildman–Crippen LogP) is 3.40. The van der Waals surface area contributed by atoms with Crippen LogP contribution in [-0.4, -0.2) is 58.6 Å². The molecule has 8 heteroatoms. The first-order chi connectivity index (χ1) is 17.9. The van der Waals surface area contributed by atoms with Gasteiger partial charge in [-0.15, -0.1) is 0 Å². The normalized spacial score (nSPS) is 40.9. The number of esters is 1. The maximum absolute atomic E-state index is 14.2. The number of ether oxygens (including phenoxy) is 1. The Morgan fingerprint density at radius 2 is 1.62 bits per heavy atom. The highest BCUT2D eigenvalue weighted by Gasteiger charge is 2.73. The molecule has 4 aliphatic carbocycles. The van der Waals surface area contributed by atoms with Crippen LogP contribution >= 0.6 is 0 Å². The van der Waals surface area contributed by atoms with Crippen LogP contribution in [0.1, 0.15) is 87.0 Å². The van der Waals surface area contributed by atoms with Gasteiger partial charge < -0.3 is 14.9 Å². The molecule has 2 N–H and O–H groups in total. The van der Waals surface area contributed by atoms with Gasteiger partial charge in [0.2, 0.25) is 0 Å². The molecule has 0 bridgehead atoms. The number of hydrogen-bond acceptors (Lipinski definition) is 8. The summed E-state index contributed by atoms with van der Waals surface area (Å²) in [6, 6.07) is 0. The van der Waals surface area contributed by atoms with E-state index in [4.69, 9.17) is 4.74 Å². The van der Waals surface area contributed by atoms with E-state index >= 15 is 0 Å². The largest absolute Gasteiger partial charge is 0.469 e. The number of hydrogen-bond donors (Lipinski definition) is 2. The molecule has 0 radical (unpaired) electrons. The maximum atomic E-state index is 14.2. The van der Waals surface area contributed by atoms with Gasteiger partial charge in [-0.3, -0.25) is 24.0 Å². The van der Waals surface area contributed by atoms with Crippen molar-refractivity contribution in [3.8, 4) is 0 Å². The summed E-state index contributed by atoms with van der Waals surface area (Å²) in [6.07, 6.45) is -1.42. The van der Waals surface area contributed by atoms with Crippen molar-refractivity contribution in [3.05, 3.63) is 11.1 Å². The minimum Gasteiger partial charge on any atom is -0.469 e. The molecule has 0 saturated heterocycles. The highest BCUT2D eigenvalue weighted by molar-refractivity contribution is 6.08. The van der Waals surface area contributed by atoms with Crippen LogP contribution in [0.15, 0.2) is 11.1 Å². The van der Waals surface area contributed by atoms with E-state index in [1.165, 1.54) is 7.11 Å². The van der Waals surface area contributed by atoms with Crippen molar-refractivity contribution < 1.29 is 38.9 Å². The first-order valence-electron chi connectivity index (χ1n) is 14.2. The molecule has 0 heterocycles. The lowest BCUT2D eigenvalue weighted by Gasteiger charge is -2.61. The monoisotopic (exact) mass is 544 g/mol.